The van der Waals surface area contributed by atoms with Crippen molar-refractivity contribution in [1.82, 2.24) is 4.57 Å². The Morgan fingerprint density at radius 1 is 1.14 bits per heavy atom. The summed E-state index contributed by atoms with van der Waals surface area (Å²) < 4.78 is 12.1. The van der Waals surface area contributed by atoms with Crippen molar-refractivity contribution in [2.75, 3.05) is 6.61 Å². The molecule has 0 amide bonds. The molecule has 118 valence electrons. The van der Waals surface area contributed by atoms with Crippen molar-refractivity contribution in [3.63, 3.8) is 0 Å². The third-order valence-corrected chi connectivity index (χ3v) is 3.16. The maximum absolute atomic E-state index is 12.1. The third-order valence-electron chi connectivity index (χ3n) is 3.16. The average Bonchev–Trinajstić information content (AvgIpc) is 2.74. The average molecular weight is 303 g/mol. The molecule has 0 aliphatic heterocycles. The number of rotatable bonds is 3. The fraction of sp³-hybridized carbons (Fsp3) is 0.412. The lowest BCUT2D eigenvalue weighted by atomic mass is 10.1. The van der Waals surface area contributed by atoms with Crippen LogP contribution in [-0.4, -0.2) is 28.7 Å². The van der Waals surface area contributed by atoms with Crippen LogP contribution in [0.2, 0.25) is 0 Å². The second-order valence-corrected chi connectivity index (χ2v) is 6.08. The largest absolute Gasteiger partial charge is 0.461 e. The maximum Gasteiger partial charge on any atom is 0.354 e. The molecule has 2 rings (SSSR count). The smallest absolute Gasteiger partial charge is 0.354 e. The molecule has 0 aliphatic carbocycles. The van der Waals surface area contributed by atoms with Gasteiger partial charge in [0.15, 0.2) is 0 Å². The van der Waals surface area contributed by atoms with Crippen LogP contribution in [-0.2, 0) is 16.5 Å². The molecular weight excluding hydrogens is 282 g/mol. The van der Waals surface area contributed by atoms with Crippen molar-refractivity contribution in [3.05, 3.63) is 35.5 Å². The number of aromatic nitrogens is 1. The van der Waals surface area contributed by atoms with Crippen LogP contribution in [0.15, 0.2) is 24.3 Å². The molecule has 2 aromatic rings. The van der Waals surface area contributed by atoms with Crippen molar-refractivity contribution in [2.45, 2.75) is 33.3 Å². The fourth-order valence-electron chi connectivity index (χ4n) is 2.19. The monoisotopic (exact) mass is 303 g/mol. The first-order chi connectivity index (χ1) is 10.2. The van der Waals surface area contributed by atoms with Gasteiger partial charge in [-0.3, -0.25) is 0 Å². The normalized spacial score (nSPS) is 11.5. The molecule has 0 bridgehead atoms. The molecule has 0 N–H and O–H groups in total. The molecule has 1 heterocycles. The second-order valence-electron chi connectivity index (χ2n) is 6.08. The van der Waals surface area contributed by atoms with Crippen molar-refractivity contribution in [3.8, 4) is 0 Å². The van der Waals surface area contributed by atoms with Crippen molar-refractivity contribution >= 4 is 22.8 Å². The Labute approximate surface area is 129 Å². The zero-order valence-corrected chi connectivity index (χ0v) is 13.6. The number of benzene rings is 1. The van der Waals surface area contributed by atoms with E-state index in [1.54, 1.807) is 42.8 Å². The molecule has 1 aromatic carbocycles. The van der Waals surface area contributed by atoms with Crippen LogP contribution >= 0.6 is 0 Å². The van der Waals surface area contributed by atoms with E-state index in [1.165, 1.54) is 0 Å². The first kappa shape index (κ1) is 16.1. The van der Waals surface area contributed by atoms with E-state index < -0.39 is 5.60 Å². The Balaban J connectivity index is 2.40. The highest BCUT2D eigenvalue weighted by atomic mass is 16.6. The van der Waals surface area contributed by atoms with Crippen LogP contribution < -0.4 is 0 Å². The molecule has 0 aliphatic rings. The Morgan fingerprint density at radius 3 is 2.41 bits per heavy atom. The van der Waals surface area contributed by atoms with Gasteiger partial charge < -0.3 is 14.0 Å². The number of nitrogens with zero attached hydrogens (tertiary/aromatic N) is 1. The highest BCUT2D eigenvalue weighted by Crippen LogP contribution is 2.22. The van der Waals surface area contributed by atoms with Gasteiger partial charge in [-0.1, -0.05) is 6.07 Å². The van der Waals surface area contributed by atoms with E-state index >= 15 is 0 Å². The minimum atomic E-state index is -0.545. The molecule has 5 nitrogen and oxygen atoms in total. The van der Waals surface area contributed by atoms with Gasteiger partial charge >= 0.3 is 11.9 Å². The van der Waals surface area contributed by atoms with Gasteiger partial charge in [-0.25, -0.2) is 9.59 Å². The van der Waals surface area contributed by atoms with E-state index in [1.807, 2.05) is 20.8 Å². The van der Waals surface area contributed by atoms with Crippen LogP contribution in [0.1, 0.15) is 48.5 Å². The van der Waals surface area contributed by atoms with E-state index in [4.69, 9.17) is 9.47 Å². The number of fused-ring (bicyclic) bond motifs is 1. The van der Waals surface area contributed by atoms with Crippen molar-refractivity contribution in [1.29, 1.82) is 0 Å². The summed E-state index contributed by atoms with van der Waals surface area (Å²) in [6, 6.07) is 6.99. The molecule has 0 saturated heterocycles. The predicted octanol–water partition coefficient (Wildman–Crippen LogP) is 3.31. The van der Waals surface area contributed by atoms with Gasteiger partial charge in [0, 0.05) is 18.0 Å². The van der Waals surface area contributed by atoms with E-state index in [0.717, 1.165) is 10.9 Å². The van der Waals surface area contributed by atoms with Gasteiger partial charge in [0.25, 0.3) is 0 Å². The summed E-state index contributed by atoms with van der Waals surface area (Å²) >= 11 is 0. The summed E-state index contributed by atoms with van der Waals surface area (Å²) in [6.45, 7) is 7.56. The topological polar surface area (TPSA) is 57.5 Å². The number of ether oxygens (including phenoxy) is 2. The van der Waals surface area contributed by atoms with E-state index in [0.29, 0.717) is 17.9 Å². The summed E-state index contributed by atoms with van der Waals surface area (Å²) in [4.78, 5) is 24.0. The Bertz CT molecular complexity index is 722. The van der Waals surface area contributed by atoms with Gasteiger partial charge in [-0.2, -0.15) is 0 Å². The van der Waals surface area contributed by atoms with Gasteiger partial charge in [0.05, 0.1) is 12.2 Å². The molecule has 22 heavy (non-hydrogen) atoms. The summed E-state index contributed by atoms with van der Waals surface area (Å²) in [6.07, 6.45) is 0. The van der Waals surface area contributed by atoms with Crippen LogP contribution in [0.3, 0.4) is 0 Å². The van der Waals surface area contributed by atoms with Gasteiger partial charge in [0.2, 0.25) is 0 Å². The number of aryl methyl sites for hydroxylation is 1. The Kier molecular flexibility index (Phi) is 4.26. The molecular formula is C17H21NO4. The molecule has 0 saturated carbocycles. The number of hydrogen-bond acceptors (Lipinski definition) is 4. The molecule has 5 heteroatoms. The van der Waals surface area contributed by atoms with E-state index in [9.17, 15) is 9.59 Å². The number of carbonyl (C=O) groups excluding carboxylic acids is 2. The lowest BCUT2D eigenvalue weighted by molar-refractivity contribution is 0.00695. The number of carbonyl (C=O) groups is 2. The summed E-state index contributed by atoms with van der Waals surface area (Å²) in [5.74, 6) is -0.756. The zero-order valence-electron chi connectivity index (χ0n) is 13.6. The highest BCUT2D eigenvalue weighted by molar-refractivity contribution is 5.99. The zero-order chi connectivity index (χ0) is 16.5. The minimum Gasteiger partial charge on any atom is -0.461 e. The first-order valence-electron chi connectivity index (χ1n) is 7.23. The van der Waals surface area contributed by atoms with Gasteiger partial charge in [0.1, 0.15) is 11.3 Å². The maximum atomic E-state index is 12.1. The van der Waals surface area contributed by atoms with Crippen LogP contribution in [0.25, 0.3) is 10.9 Å². The van der Waals surface area contributed by atoms with Crippen molar-refractivity contribution in [2.24, 2.45) is 7.05 Å². The quantitative estimate of drug-likeness (QED) is 0.816. The third kappa shape index (κ3) is 3.30. The highest BCUT2D eigenvalue weighted by Gasteiger charge is 2.20. The van der Waals surface area contributed by atoms with E-state index in [-0.39, 0.29) is 11.9 Å². The van der Waals surface area contributed by atoms with E-state index in [2.05, 4.69) is 0 Å². The van der Waals surface area contributed by atoms with Crippen LogP contribution in [0.4, 0.5) is 0 Å². The predicted molar refractivity (Wildman–Crippen MR) is 84.0 cm³/mol. The summed E-state index contributed by atoms with van der Waals surface area (Å²) in [5, 5.41) is 0.873. The Hall–Kier alpha value is -2.30. The minimum absolute atomic E-state index is 0.323. The van der Waals surface area contributed by atoms with Crippen LogP contribution in [0.5, 0.6) is 0 Å². The Morgan fingerprint density at radius 2 is 1.82 bits per heavy atom. The molecule has 0 unspecified atom stereocenters. The molecule has 0 fully saturated rings. The second kappa shape index (κ2) is 5.83. The number of esters is 2. The van der Waals surface area contributed by atoms with Gasteiger partial charge in [-0.05, 0) is 45.9 Å². The molecule has 1 aromatic heterocycles. The molecule has 0 radical (unpaired) electrons. The molecule has 0 spiro atoms. The standard InChI is InChI=1S/C17H21NO4/c1-6-21-16(20)14-9-11-7-8-12(10-13(11)18(14)5)15(19)22-17(2,3)4/h7-10H,6H2,1-5H3. The number of hydrogen-bond donors (Lipinski definition) is 0. The fourth-order valence-corrected chi connectivity index (χ4v) is 2.19. The summed E-state index contributed by atoms with van der Waals surface area (Å²) in [5.41, 5.74) is 1.15. The lowest BCUT2D eigenvalue weighted by Gasteiger charge is -2.19. The lowest BCUT2D eigenvalue weighted by Crippen LogP contribution is -2.23. The van der Waals surface area contributed by atoms with Crippen molar-refractivity contribution < 1.29 is 19.1 Å². The first-order valence-corrected chi connectivity index (χ1v) is 7.23. The van der Waals surface area contributed by atoms with Crippen LogP contribution in [0, 0.1) is 0 Å². The van der Waals surface area contributed by atoms with Gasteiger partial charge in [-0.15, -0.1) is 0 Å². The summed E-state index contributed by atoms with van der Waals surface area (Å²) in [7, 11) is 1.77. The SMILES string of the molecule is CCOC(=O)c1cc2ccc(C(=O)OC(C)(C)C)cc2n1C. The molecule has 0 atom stereocenters.